The zero-order valence-electron chi connectivity index (χ0n) is 13.4. The Labute approximate surface area is 153 Å². The summed E-state index contributed by atoms with van der Waals surface area (Å²) in [6.45, 7) is 9.60. The van der Waals surface area contributed by atoms with Gasteiger partial charge in [-0.1, -0.05) is 17.7 Å². The lowest BCUT2D eigenvalue weighted by molar-refractivity contribution is -0.274. The number of nitrogens with one attached hydrogen (secondary N) is 1. The predicted octanol–water partition coefficient (Wildman–Crippen LogP) is 4.34. The third kappa shape index (κ3) is 7.30. The van der Waals surface area contributed by atoms with Crippen LogP contribution < -0.4 is 10.1 Å². The highest BCUT2D eigenvalue weighted by Crippen LogP contribution is 2.30. The van der Waals surface area contributed by atoms with E-state index >= 15 is 0 Å². The number of hydrogen-bond donors (Lipinski definition) is 1. The zero-order chi connectivity index (χ0) is 16.2. The van der Waals surface area contributed by atoms with Gasteiger partial charge >= 0.3 is 6.36 Å². The molecule has 138 valence electrons. The Morgan fingerprint density at radius 1 is 1.21 bits per heavy atom. The maximum atomic E-state index is 12.2. The van der Waals surface area contributed by atoms with Crippen LogP contribution in [0.1, 0.15) is 24.9 Å². The summed E-state index contributed by atoms with van der Waals surface area (Å²) >= 11 is 0. The van der Waals surface area contributed by atoms with Crippen molar-refractivity contribution < 1.29 is 17.9 Å². The Kier molecular flexibility index (Phi) is 9.73. The van der Waals surface area contributed by atoms with E-state index in [9.17, 15) is 13.2 Å². The van der Waals surface area contributed by atoms with E-state index in [2.05, 4.69) is 21.5 Å². The molecule has 1 saturated heterocycles. The first kappa shape index (κ1) is 23.1. The van der Waals surface area contributed by atoms with Crippen LogP contribution in [0, 0.1) is 0 Å². The quantitative estimate of drug-likeness (QED) is 0.761. The van der Waals surface area contributed by atoms with E-state index in [1.807, 2.05) is 6.92 Å². The van der Waals surface area contributed by atoms with E-state index in [4.69, 9.17) is 0 Å². The summed E-state index contributed by atoms with van der Waals surface area (Å²) in [5.41, 5.74) is 2.04. The summed E-state index contributed by atoms with van der Waals surface area (Å²) in [5.74, 6) is -0.189. The molecule has 0 radical (unpaired) electrons. The molecule has 0 bridgehead atoms. The summed E-state index contributed by atoms with van der Waals surface area (Å²) in [4.78, 5) is 2.34. The first-order chi connectivity index (χ1) is 10.3. The van der Waals surface area contributed by atoms with E-state index in [-0.39, 0.29) is 36.6 Å². The summed E-state index contributed by atoms with van der Waals surface area (Å²) in [5, 5.41) is 3.30. The molecule has 8 heteroatoms. The van der Waals surface area contributed by atoms with Gasteiger partial charge in [0.2, 0.25) is 0 Å². The van der Waals surface area contributed by atoms with Crippen LogP contribution in [0.5, 0.6) is 5.75 Å². The van der Waals surface area contributed by atoms with E-state index < -0.39 is 6.36 Å². The van der Waals surface area contributed by atoms with Crippen molar-refractivity contribution in [2.24, 2.45) is 0 Å². The van der Waals surface area contributed by atoms with Gasteiger partial charge in [-0.3, -0.25) is 4.90 Å². The Bertz CT molecular complexity index is 503. The molecule has 0 aromatic heterocycles. The molecular formula is C16H23Cl2F3N2O. The number of halogens is 5. The number of hydrogen-bond acceptors (Lipinski definition) is 3. The van der Waals surface area contributed by atoms with Gasteiger partial charge in [0.1, 0.15) is 5.75 Å². The van der Waals surface area contributed by atoms with Gasteiger partial charge in [-0.2, -0.15) is 0 Å². The Morgan fingerprint density at radius 2 is 1.75 bits per heavy atom. The second kappa shape index (κ2) is 10.1. The van der Waals surface area contributed by atoms with Crippen molar-refractivity contribution in [1.82, 2.24) is 10.2 Å². The zero-order valence-corrected chi connectivity index (χ0v) is 15.1. The molecule has 1 aliphatic heterocycles. The normalized spacial score (nSPS) is 16.5. The van der Waals surface area contributed by atoms with Gasteiger partial charge in [-0.25, -0.2) is 0 Å². The van der Waals surface area contributed by atoms with Crippen molar-refractivity contribution >= 4 is 24.8 Å². The van der Waals surface area contributed by atoms with E-state index in [1.54, 1.807) is 12.1 Å². The lowest BCUT2D eigenvalue weighted by atomic mass is 9.98. The predicted molar refractivity (Wildman–Crippen MR) is 94.2 cm³/mol. The third-order valence-corrected chi connectivity index (χ3v) is 3.63. The van der Waals surface area contributed by atoms with Crippen LogP contribution in [0.25, 0.3) is 0 Å². The molecule has 3 nitrogen and oxygen atoms in total. The van der Waals surface area contributed by atoms with Gasteiger partial charge in [-0.15, -0.1) is 44.6 Å². The molecule has 1 aromatic rings. The van der Waals surface area contributed by atoms with Crippen LogP contribution in [0.2, 0.25) is 0 Å². The van der Waals surface area contributed by atoms with Crippen molar-refractivity contribution in [3.8, 4) is 5.75 Å². The van der Waals surface area contributed by atoms with Crippen molar-refractivity contribution in [1.29, 1.82) is 0 Å². The van der Waals surface area contributed by atoms with Crippen LogP contribution in [0.15, 0.2) is 36.4 Å². The molecule has 0 spiro atoms. The van der Waals surface area contributed by atoms with Crippen LogP contribution >= 0.6 is 24.8 Å². The Balaban J connectivity index is 0.00000264. The molecule has 1 atom stereocenters. The molecule has 1 N–H and O–H groups in total. The largest absolute Gasteiger partial charge is 0.573 e. The fourth-order valence-corrected chi connectivity index (χ4v) is 2.67. The average molecular weight is 387 g/mol. The highest BCUT2D eigenvalue weighted by atomic mass is 35.5. The van der Waals surface area contributed by atoms with E-state index in [0.717, 1.165) is 43.7 Å². The molecule has 0 aliphatic carbocycles. The summed E-state index contributed by atoms with van der Waals surface area (Å²) in [6.07, 6.45) is -3.86. The van der Waals surface area contributed by atoms with Gasteiger partial charge in [0, 0.05) is 32.2 Å². The third-order valence-electron chi connectivity index (χ3n) is 3.63. The maximum absolute atomic E-state index is 12.2. The minimum Gasteiger partial charge on any atom is -0.406 e. The molecule has 1 aliphatic rings. The molecule has 0 saturated carbocycles. The van der Waals surface area contributed by atoms with Gasteiger partial charge in [0.15, 0.2) is 0 Å². The van der Waals surface area contributed by atoms with Crippen LogP contribution in [0.4, 0.5) is 13.2 Å². The minimum atomic E-state index is -4.66. The second-order valence-corrected chi connectivity index (χ2v) is 5.58. The Morgan fingerprint density at radius 3 is 2.21 bits per heavy atom. The highest BCUT2D eigenvalue weighted by Gasteiger charge is 2.31. The van der Waals surface area contributed by atoms with Crippen molar-refractivity contribution in [2.75, 3.05) is 26.2 Å². The Hall–Kier alpha value is -0.950. The standard InChI is InChI=1S/C16H21F3N2O.2ClH/c1-12(2)11-15(21-9-7-20-8-10-21)13-3-5-14(6-4-13)22-16(17,18)19;;/h3-6,15,20H,1,7-11H2,2H3;2*1H/t15-;;/m0../s1. The summed E-state index contributed by atoms with van der Waals surface area (Å²) in [7, 11) is 0. The van der Waals surface area contributed by atoms with Gasteiger partial charge in [0.25, 0.3) is 0 Å². The monoisotopic (exact) mass is 386 g/mol. The van der Waals surface area contributed by atoms with Gasteiger partial charge < -0.3 is 10.1 Å². The molecule has 24 heavy (non-hydrogen) atoms. The topological polar surface area (TPSA) is 24.5 Å². The molecule has 1 fully saturated rings. The SMILES string of the molecule is C=C(C)C[C@@H](c1ccc(OC(F)(F)F)cc1)N1CCNCC1.Cl.Cl. The number of ether oxygens (including phenoxy) is 1. The lowest BCUT2D eigenvalue weighted by Gasteiger charge is -2.35. The number of alkyl halides is 3. The van der Waals surface area contributed by atoms with E-state index in [1.165, 1.54) is 12.1 Å². The fourth-order valence-electron chi connectivity index (χ4n) is 2.67. The smallest absolute Gasteiger partial charge is 0.406 e. The van der Waals surface area contributed by atoms with Gasteiger partial charge in [-0.05, 0) is 31.0 Å². The summed E-state index contributed by atoms with van der Waals surface area (Å²) < 4.78 is 40.6. The summed E-state index contributed by atoms with van der Waals surface area (Å²) in [6, 6.07) is 6.29. The fraction of sp³-hybridized carbons (Fsp3) is 0.500. The molecule has 2 rings (SSSR count). The maximum Gasteiger partial charge on any atom is 0.573 e. The van der Waals surface area contributed by atoms with Crippen molar-refractivity contribution in [3.05, 3.63) is 42.0 Å². The van der Waals surface area contributed by atoms with Crippen LogP contribution in [-0.2, 0) is 0 Å². The molecule has 0 amide bonds. The second-order valence-electron chi connectivity index (χ2n) is 5.58. The van der Waals surface area contributed by atoms with Gasteiger partial charge in [0.05, 0.1) is 0 Å². The molecule has 1 heterocycles. The number of nitrogens with zero attached hydrogens (tertiary/aromatic N) is 1. The molecular weight excluding hydrogens is 364 g/mol. The average Bonchev–Trinajstić information content (AvgIpc) is 2.45. The number of benzene rings is 1. The van der Waals surface area contributed by atoms with Crippen LogP contribution in [0.3, 0.4) is 0 Å². The minimum absolute atomic E-state index is 0. The van der Waals surface area contributed by atoms with Crippen molar-refractivity contribution in [2.45, 2.75) is 25.7 Å². The van der Waals surface area contributed by atoms with Crippen molar-refractivity contribution in [3.63, 3.8) is 0 Å². The van der Waals surface area contributed by atoms with E-state index in [0.29, 0.717) is 0 Å². The number of piperazine rings is 1. The lowest BCUT2D eigenvalue weighted by Crippen LogP contribution is -2.45. The molecule has 1 aromatic carbocycles. The van der Waals surface area contributed by atoms with Crippen LogP contribution in [-0.4, -0.2) is 37.4 Å². The highest BCUT2D eigenvalue weighted by molar-refractivity contribution is 5.85. The first-order valence-corrected chi connectivity index (χ1v) is 7.30. The number of rotatable bonds is 5. The first-order valence-electron chi connectivity index (χ1n) is 7.30. The molecule has 0 unspecified atom stereocenters.